The number of esters is 1. The Kier molecular flexibility index (Phi) is 3.47. The molecule has 1 spiro atoms. The molecular formula is C11H19NO4. The van der Waals surface area contributed by atoms with Crippen LogP contribution in [0.25, 0.3) is 0 Å². The second kappa shape index (κ2) is 4.69. The van der Waals surface area contributed by atoms with E-state index in [0.717, 1.165) is 25.9 Å². The topological polar surface area (TPSA) is 70.8 Å². The minimum atomic E-state index is -0.536. The van der Waals surface area contributed by atoms with Crippen LogP contribution in [0, 0.1) is 5.92 Å². The van der Waals surface area contributed by atoms with Crippen LogP contribution in [0.5, 0.6) is 0 Å². The summed E-state index contributed by atoms with van der Waals surface area (Å²) in [6, 6.07) is -0.536. The first-order chi connectivity index (χ1) is 7.67. The highest BCUT2D eigenvalue weighted by Gasteiger charge is 2.43. The third-order valence-corrected chi connectivity index (χ3v) is 3.58. The number of nitrogens with two attached hydrogens (primary N) is 1. The first-order valence-corrected chi connectivity index (χ1v) is 5.72. The summed E-state index contributed by atoms with van der Waals surface area (Å²) in [5, 5.41) is 0. The normalized spacial score (nSPS) is 36.2. The Morgan fingerprint density at radius 3 is 3.00 bits per heavy atom. The number of rotatable bonds is 2. The fourth-order valence-corrected chi connectivity index (χ4v) is 2.56. The van der Waals surface area contributed by atoms with Crippen LogP contribution in [-0.4, -0.2) is 44.5 Å². The van der Waals surface area contributed by atoms with Gasteiger partial charge < -0.3 is 19.9 Å². The molecule has 0 aromatic carbocycles. The summed E-state index contributed by atoms with van der Waals surface area (Å²) in [7, 11) is 1.37. The van der Waals surface area contributed by atoms with Gasteiger partial charge in [-0.2, -0.15) is 0 Å². The Labute approximate surface area is 95.2 Å². The van der Waals surface area contributed by atoms with Crippen molar-refractivity contribution in [2.24, 2.45) is 11.7 Å². The molecule has 0 bridgehead atoms. The van der Waals surface area contributed by atoms with E-state index in [-0.39, 0.29) is 17.5 Å². The van der Waals surface area contributed by atoms with Crippen molar-refractivity contribution in [1.29, 1.82) is 0 Å². The van der Waals surface area contributed by atoms with E-state index in [9.17, 15) is 4.79 Å². The molecule has 0 aromatic rings. The molecule has 2 heterocycles. The average Bonchev–Trinajstić information content (AvgIpc) is 2.75. The van der Waals surface area contributed by atoms with E-state index < -0.39 is 6.04 Å². The van der Waals surface area contributed by atoms with E-state index in [2.05, 4.69) is 4.74 Å². The molecule has 3 unspecified atom stereocenters. The van der Waals surface area contributed by atoms with Crippen LogP contribution in [0.1, 0.15) is 19.3 Å². The molecule has 0 aliphatic carbocycles. The second-order valence-corrected chi connectivity index (χ2v) is 4.64. The van der Waals surface area contributed by atoms with Gasteiger partial charge in [-0.15, -0.1) is 0 Å². The summed E-state index contributed by atoms with van der Waals surface area (Å²) in [5.41, 5.74) is 5.68. The number of methoxy groups -OCH3 is 1. The molecule has 2 fully saturated rings. The van der Waals surface area contributed by atoms with Crippen molar-refractivity contribution >= 4 is 5.97 Å². The van der Waals surface area contributed by atoms with Gasteiger partial charge in [0.25, 0.3) is 0 Å². The predicted molar refractivity (Wildman–Crippen MR) is 56.8 cm³/mol. The van der Waals surface area contributed by atoms with Gasteiger partial charge >= 0.3 is 5.97 Å². The Bertz CT molecular complexity index is 263. The van der Waals surface area contributed by atoms with E-state index in [1.54, 1.807) is 0 Å². The van der Waals surface area contributed by atoms with Crippen molar-refractivity contribution in [2.75, 3.05) is 26.9 Å². The first-order valence-electron chi connectivity index (χ1n) is 5.72. The fourth-order valence-electron chi connectivity index (χ4n) is 2.56. The van der Waals surface area contributed by atoms with Gasteiger partial charge in [-0.3, -0.25) is 4.79 Å². The molecule has 2 aliphatic heterocycles. The van der Waals surface area contributed by atoms with E-state index >= 15 is 0 Å². The lowest BCUT2D eigenvalue weighted by molar-refractivity contribution is -0.148. The van der Waals surface area contributed by atoms with Crippen molar-refractivity contribution in [2.45, 2.75) is 30.9 Å². The highest BCUT2D eigenvalue weighted by atomic mass is 16.6. The molecular weight excluding hydrogens is 210 g/mol. The van der Waals surface area contributed by atoms with Gasteiger partial charge in [-0.25, -0.2) is 0 Å². The van der Waals surface area contributed by atoms with Gasteiger partial charge in [0, 0.05) is 19.6 Å². The summed E-state index contributed by atoms with van der Waals surface area (Å²) >= 11 is 0. The van der Waals surface area contributed by atoms with E-state index in [4.69, 9.17) is 15.2 Å². The quantitative estimate of drug-likeness (QED) is 0.679. The highest BCUT2D eigenvalue weighted by molar-refractivity contribution is 5.75. The molecule has 2 aliphatic rings. The highest BCUT2D eigenvalue weighted by Crippen LogP contribution is 2.36. The summed E-state index contributed by atoms with van der Waals surface area (Å²) in [6.07, 6.45) is 2.51. The average molecular weight is 229 g/mol. The monoisotopic (exact) mass is 229 g/mol. The van der Waals surface area contributed by atoms with E-state index in [0.29, 0.717) is 13.2 Å². The largest absolute Gasteiger partial charge is 0.468 e. The van der Waals surface area contributed by atoms with Crippen molar-refractivity contribution < 1.29 is 19.0 Å². The standard InChI is InChI=1S/C11H19NO4/c1-14-10(13)9(12)8-2-4-16-11(6-8)3-5-15-7-11/h8-9H,2-7,12H2,1H3. The number of hydrogen-bond donors (Lipinski definition) is 1. The lowest BCUT2D eigenvalue weighted by Gasteiger charge is -2.38. The van der Waals surface area contributed by atoms with E-state index in [1.165, 1.54) is 7.11 Å². The zero-order valence-corrected chi connectivity index (χ0v) is 9.61. The van der Waals surface area contributed by atoms with Crippen LogP contribution in [0.2, 0.25) is 0 Å². The van der Waals surface area contributed by atoms with Gasteiger partial charge in [0.1, 0.15) is 6.04 Å². The van der Waals surface area contributed by atoms with Crippen molar-refractivity contribution in [1.82, 2.24) is 0 Å². The Balaban J connectivity index is 1.98. The van der Waals surface area contributed by atoms with Crippen LogP contribution in [-0.2, 0) is 19.0 Å². The maximum atomic E-state index is 11.4. The molecule has 0 aromatic heterocycles. The molecule has 5 heteroatoms. The lowest BCUT2D eigenvalue weighted by atomic mass is 9.81. The Morgan fingerprint density at radius 2 is 2.38 bits per heavy atom. The van der Waals surface area contributed by atoms with Gasteiger partial charge in [-0.05, 0) is 18.8 Å². The summed E-state index contributed by atoms with van der Waals surface area (Å²) in [5.74, 6) is -0.191. The van der Waals surface area contributed by atoms with Crippen molar-refractivity contribution in [3.05, 3.63) is 0 Å². The lowest BCUT2D eigenvalue weighted by Crippen LogP contribution is -2.48. The zero-order chi connectivity index (χ0) is 11.6. The van der Waals surface area contributed by atoms with Crippen molar-refractivity contribution in [3.63, 3.8) is 0 Å². The first kappa shape index (κ1) is 11.8. The number of carbonyl (C=O) groups excluding carboxylic acids is 1. The zero-order valence-electron chi connectivity index (χ0n) is 9.61. The minimum Gasteiger partial charge on any atom is -0.468 e. The number of ether oxygens (including phenoxy) is 3. The molecule has 16 heavy (non-hydrogen) atoms. The van der Waals surface area contributed by atoms with Crippen LogP contribution in [0.4, 0.5) is 0 Å². The molecule has 3 atom stereocenters. The molecule has 92 valence electrons. The van der Waals surface area contributed by atoms with Crippen LogP contribution < -0.4 is 5.73 Å². The fraction of sp³-hybridized carbons (Fsp3) is 0.909. The summed E-state index contributed by atoms with van der Waals surface area (Å²) in [6.45, 7) is 2.01. The van der Waals surface area contributed by atoms with Crippen LogP contribution in [0.15, 0.2) is 0 Å². The SMILES string of the molecule is COC(=O)C(N)C1CCOC2(CCOC2)C1. The molecule has 5 nitrogen and oxygen atoms in total. The predicted octanol–water partition coefficient (Wildman–Crippen LogP) is 0.0724. The van der Waals surface area contributed by atoms with Crippen molar-refractivity contribution in [3.8, 4) is 0 Å². The molecule has 2 N–H and O–H groups in total. The number of carbonyl (C=O) groups is 1. The molecule has 2 rings (SSSR count). The summed E-state index contributed by atoms with van der Waals surface area (Å²) in [4.78, 5) is 11.4. The molecule has 2 saturated heterocycles. The third kappa shape index (κ3) is 2.21. The van der Waals surface area contributed by atoms with Gasteiger partial charge in [0.2, 0.25) is 0 Å². The third-order valence-electron chi connectivity index (χ3n) is 3.58. The maximum Gasteiger partial charge on any atom is 0.322 e. The van der Waals surface area contributed by atoms with Crippen LogP contribution in [0.3, 0.4) is 0 Å². The Morgan fingerprint density at radius 1 is 1.56 bits per heavy atom. The van der Waals surface area contributed by atoms with E-state index in [1.807, 2.05) is 0 Å². The number of hydrogen-bond acceptors (Lipinski definition) is 5. The van der Waals surface area contributed by atoms with Crippen LogP contribution >= 0.6 is 0 Å². The van der Waals surface area contributed by atoms with Gasteiger partial charge in [0.15, 0.2) is 0 Å². The minimum absolute atomic E-state index is 0.142. The van der Waals surface area contributed by atoms with Gasteiger partial charge in [-0.1, -0.05) is 0 Å². The molecule has 0 radical (unpaired) electrons. The Hall–Kier alpha value is -0.650. The van der Waals surface area contributed by atoms with Gasteiger partial charge in [0.05, 0.1) is 19.3 Å². The molecule has 0 saturated carbocycles. The smallest absolute Gasteiger partial charge is 0.322 e. The summed E-state index contributed by atoms with van der Waals surface area (Å²) < 4.78 is 15.8. The molecule has 0 amide bonds. The second-order valence-electron chi connectivity index (χ2n) is 4.64. The maximum absolute atomic E-state index is 11.4.